The lowest BCUT2D eigenvalue weighted by Crippen LogP contribution is -2.09. The van der Waals surface area contributed by atoms with Crippen LogP contribution in [0.3, 0.4) is 0 Å². The quantitative estimate of drug-likeness (QED) is 0.630. The van der Waals surface area contributed by atoms with Crippen molar-refractivity contribution in [1.82, 2.24) is 0 Å². The largest absolute Gasteiger partial charge is 0.418 e. The van der Waals surface area contributed by atoms with E-state index in [1.807, 2.05) is 0 Å². The number of nitrogens with zero attached hydrogens (tertiary/aromatic N) is 1. The van der Waals surface area contributed by atoms with E-state index in [9.17, 15) is 13.2 Å². The fraction of sp³-hybridized carbons (Fsp3) is 0.100. The fourth-order valence-corrected chi connectivity index (χ4v) is 2.28. The van der Waals surface area contributed by atoms with Gasteiger partial charge in [-0.25, -0.2) is 4.40 Å². The molecule has 84 valence electrons. The SMILES string of the molecule is FC(F)(F)c1c(Cl)ccc2c1C=CC=NS2. The minimum atomic E-state index is -4.46. The Hall–Kier alpha value is -0.940. The highest BCUT2D eigenvalue weighted by Gasteiger charge is 2.36. The van der Waals surface area contributed by atoms with Crippen LogP contribution in [-0.2, 0) is 6.18 Å². The number of rotatable bonds is 0. The molecule has 0 N–H and O–H groups in total. The van der Waals surface area contributed by atoms with Crippen LogP contribution in [0.4, 0.5) is 13.2 Å². The summed E-state index contributed by atoms with van der Waals surface area (Å²) in [7, 11) is 0. The van der Waals surface area contributed by atoms with Crippen molar-refractivity contribution < 1.29 is 13.2 Å². The fourth-order valence-electron chi connectivity index (χ4n) is 1.37. The number of allylic oxidation sites excluding steroid dienone is 1. The molecule has 1 aromatic rings. The zero-order chi connectivity index (χ0) is 11.8. The standard InChI is InChI=1S/C10H5ClF3NS/c11-7-3-4-8-6(2-1-5-15-16-8)9(7)10(12,13)14/h1-5H. The van der Waals surface area contributed by atoms with Crippen molar-refractivity contribution in [3.63, 3.8) is 0 Å². The second-order valence-corrected chi connectivity index (χ2v) is 4.28. The minimum Gasteiger partial charge on any atom is -0.219 e. The van der Waals surface area contributed by atoms with Crippen LogP contribution in [0.15, 0.2) is 27.5 Å². The van der Waals surface area contributed by atoms with Gasteiger partial charge in [0.2, 0.25) is 0 Å². The van der Waals surface area contributed by atoms with E-state index in [0.717, 1.165) is 11.9 Å². The van der Waals surface area contributed by atoms with Crippen molar-refractivity contribution in [1.29, 1.82) is 0 Å². The number of hydrogen-bond donors (Lipinski definition) is 0. The molecule has 0 spiro atoms. The van der Waals surface area contributed by atoms with E-state index in [0.29, 0.717) is 4.90 Å². The Morgan fingerprint density at radius 3 is 2.69 bits per heavy atom. The lowest BCUT2D eigenvalue weighted by atomic mass is 10.1. The molecular weight excluding hydrogens is 259 g/mol. The Balaban J connectivity index is 2.69. The molecule has 1 aromatic carbocycles. The van der Waals surface area contributed by atoms with Gasteiger partial charge in [-0.1, -0.05) is 17.7 Å². The summed E-state index contributed by atoms with van der Waals surface area (Å²) in [4.78, 5) is 0.446. The molecule has 0 bridgehead atoms. The molecule has 2 rings (SSSR count). The third kappa shape index (κ3) is 2.10. The van der Waals surface area contributed by atoms with Crippen molar-refractivity contribution in [3.05, 3.63) is 34.4 Å². The molecule has 1 heterocycles. The first kappa shape index (κ1) is 11.5. The van der Waals surface area contributed by atoms with Crippen LogP contribution < -0.4 is 0 Å². The van der Waals surface area contributed by atoms with Gasteiger partial charge >= 0.3 is 6.18 Å². The summed E-state index contributed by atoms with van der Waals surface area (Å²) in [6, 6.07) is 2.77. The van der Waals surface area contributed by atoms with E-state index in [-0.39, 0.29) is 10.6 Å². The Bertz CT molecular complexity index is 480. The summed E-state index contributed by atoms with van der Waals surface area (Å²) in [5.41, 5.74) is -0.733. The van der Waals surface area contributed by atoms with Crippen molar-refractivity contribution in [2.24, 2.45) is 4.40 Å². The monoisotopic (exact) mass is 263 g/mol. The first-order valence-electron chi connectivity index (χ1n) is 4.27. The molecule has 6 heteroatoms. The highest BCUT2D eigenvalue weighted by atomic mass is 35.5. The smallest absolute Gasteiger partial charge is 0.219 e. The summed E-state index contributed by atoms with van der Waals surface area (Å²) in [6.45, 7) is 0. The first-order chi connectivity index (χ1) is 7.50. The molecule has 0 aromatic heterocycles. The van der Waals surface area contributed by atoms with E-state index < -0.39 is 11.7 Å². The molecule has 0 radical (unpaired) electrons. The van der Waals surface area contributed by atoms with E-state index in [1.54, 1.807) is 0 Å². The Labute approximate surface area is 99.1 Å². The van der Waals surface area contributed by atoms with Crippen molar-refractivity contribution in [3.8, 4) is 0 Å². The summed E-state index contributed by atoms with van der Waals surface area (Å²) in [6.07, 6.45) is -0.186. The molecule has 0 saturated carbocycles. The molecular formula is C10H5ClF3NS. The first-order valence-corrected chi connectivity index (χ1v) is 5.42. The average molecular weight is 264 g/mol. The van der Waals surface area contributed by atoms with Gasteiger partial charge in [-0.2, -0.15) is 13.2 Å². The van der Waals surface area contributed by atoms with E-state index >= 15 is 0 Å². The maximum absolute atomic E-state index is 12.8. The molecule has 0 fully saturated rings. The number of halogens is 4. The van der Waals surface area contributed by atoms with Crippen LogP contribution in [0.1, 0.15) is 11.1 Å². The molecule has 0 unspecified atom stereocenters. The van der Waals surface area contributed by atoms with Gasteiger partial charge in [-0.05, 0) is 18.2 Å². The predicted octanol–water partition coefficient (Wildman–Crippen LogP) is 4.46. The van der Waals surface area contributed by atoms with E-state index in [2.05, 4.69) is 4.40 Å². The van der Waals surface area contributed by atoms with Gasteiger partial charge in [0, 0.05) is 28.6 Å². The number of alkyl halides is 3. The molecule has 1 aliphatic heterocycles. The highest BCUT2D eigenvalue weighted by molar-refractivity contribution is 7.98. The molecule has 0 amide bonds. The summed E-state index contributed by atoms with van der Waals surface area (Å²) in [5, 5.41) is -0.293. The Morgan fingerprint density at radius 2 is 2.00 bits per heavy atom. The lowest BCUT2D eigenvalue weighted by molar-refractivity contribution is -0.137. The van der Waals surface area contributed by atoms with Crippen LogP contribution >= 0.6 is 23.5 Å². The van der Waals surface area contributed by atoms with Crippen LogP contribution in [0.2, 0.25) is 5.02 Å². The molecule has 16 heavy (non-hydrogen) atoms. The maximum Gasteiger partial charge on any atom is 0.418 e. The van der Waals surface area contributed by atoms with Gasteiger partial charge in [0.05, 0.1) is 10.6 Å². The summed E-state index contributed by atoms with van der Waals surface area (Å²) >= 11 is 6.59. The maximum atomic E-state index is 12.8. The molecule has 1 aliphatic rings. The van der Waals surface area contributed by atoms with Gasteiger partial charge < -0.3 is 0 Å². The number of fused-ring (bicyclic) bond motifs is 1. The van der Waals surface area contributed by atoms with Crippen LogP contribution in [0.25, 0.3) is 6.08 Å². The summed E-state index contributed by atoms with van der Waals surface area (Å²) in [5.74, 6) is 0. The zero-order valence-electron chi connectivity index (χ0n) is 7.75. The van der Waals surface area contributed by atoms with Gasteiger partial charge in [0.1, 0.15) is 0 Å². The van der Waals surface area contributed by atoms with E-state index in [1.165, 1.54) is 30.5 Å². The molecule has 0 atom stereocenters. The van der Waals surface area contributed by atoms with Gasteiger partial charge in [-0.15, -0.1) is 0 Å². The number of hydrogen-bond acceptors (Lipinski definition) is 2. The molecule has 0 aliphatic carbocycles. The zero-order valence-corrected chi connectivity index (χ0v) is 9.33. The van der Waals surface area contributed by atoms with Gasteiger partial charge in [0.25, 0.3) is 0 Å². The lowest BCUT2D eigenvalue weighted by Gasteiger charge is -2.14. The van der Waals surface area contributed by atoms with Crippen LogP contribution in [0.5, 0.6) is 0 Å². The van der Waals surface area contributed by atoms with Gasteiger partial charge in [0.15, 0.2) is 0 Å². The van der Waals surface area contributed by atoms with Crippen LogP contribution in [0, 0.1) is 0 Å². The van der Waals surface area contributed by atoms with Crippen molar-refractivity contribution in [2.75, 3.05) is 0 Å². The predicted molar refractivity (Wildman–Crippen MR) is 59.8 cm³/mol. The minimum absolute atomic E-state index is 0.0718. The number of benzene rings is 1. The topological polar surface area (TPSA) is 12.4 Å². The van der Waals surface area contributed by atoms with Crippen LogP contribution in [-0.4, -0.2) is 6.21 Å². The normalized spacial score (nSPS) is 14.8. The Morgan fingerprint density at radius 1 is 1.25 bits per heavy atom. The van der Waals surface area contributed by atoms with Gasteiger partial charge in [-0.3, -0.25) is 0 Å². The highest BCUT2D eigenvalue weighted by Crippen LogP contribution is 2.42. The second-order valence-electron chi connectivity index (χ2n) is 3.04. The summed E-state index contributed by atoms with van der Waals surface area (Å²) < 4.78 is 42.3. The Kier molecular flexibility index (Phi) is 2.99. The third-order valence-electron chi connectivity index (χ3n) is 2.00. The van der Waals surface area contributed by atoms with Crippen molar-refractivity contribution in [2.45, 2.75) is 11.1 Å². The molecule has 1 nitrogen and oxygen atoms in total. The van der Waals surface area contributed by atoms with Crippen molar-refractivity contribution >= 4 is 35.8 Å². The average Bonchev–Trinajstić information content (AvgIpc) is 2.40. The molecule has 0 saturated heterocycles. The van der Waals surface area contributed by atoms with E-state index in [4.69, 9.17) is 11.6 Å². The third-order valence-corrected chi connectivity index (χ3v) is 3.09. The second kappa shape index (κ2) is 4.14.